The Morgan fingerprint density at radius 2 is 2.26 bits per heavy atom. The van der Waals surface area contributed by atoms with Crippen molar-refractivity contribution in [2.24, 2.45) is 7.05 Å². The Bertz CT molecular complexity index is 817. The van der Waals surface area contributed by atoms with E-state index in [0.29, 0.717) is 18.0 Å². The first-order chi connectivity index (χ1) is 11.1. The van der Waals surface area contributed by atoms with Crippen LogP contribution >= 0.6 is 11.3 Å². The largest absolute Gasteiger partial charge is 0.442 e. The van der Waals surface area contributed by atoms with E-state index in [1.165, 1.54) is 23.3 Å². The minimum Gasteiger partial charge on any atom is -0.442 e. The van der Waals surface area contributed by atoms with Crippen molar-refractivity contribution in [3.8, 4) is 10.6 Å². The Hall–Kier alpha value is -2.41. The number of hydrogen-bond donors (Lipinski definition) is 1. The van der Waals surface area contributed by atoms with Crippen LogP contribution in [0.4, 0.5) is 0 Å². The number of rotatable bonds is 5. The zero-order valence-corrected chi connectivity index (χ0v) is 14.1. The van der Waals surface area contributed by atoms with Gasteiger partial charge in [0.15, 0.2) is 17.8 Å². The van der Waals surface area contributed by atoms with Crippen LogP contribution in [0.25, 0.3) is 10.6 Å². The number of hydrogen-bond acceptors (Lipinski definition) is 5. The van der Waals surface area contributed by atoms with Crippen LogP contribution in [0.15, 0.2) is 28.3 Å². The molecule has 0 bridgehead atoms. The van der Waals surface area contributed by atoms with E-state index >= 15 is 0 Å². The predicted octanol–water partition coefficient (Wildman–Crippen LogP) is 2.73. The van der Waals surface area contributed by atoms with Crippen molar-refractivity contribution < 1.29 is 9.21 Å². The molecule has 1 N–H and O–H groups in total. The average Bonchev–Trinajstić information content (AvgIpc) is 3.23. The Balaban J connectivity index is 1.66. The van der Waals surface area contributed by atoms with Crippen molar-refractivity contribution in [2.45, 2.75) is 20.3 Å². The standard InChI is InChI=1S/C16H18N4O2S/c1-10-12(11(2)20(3)19-10)6-7-17-16(21)14-15(22-9-18-14)13-5-4-8-23-13/h4-5,8-9H,6-7H2,1-3H3,(H,17,21). The summed E-state index contributed by atoms with van der Waals surface area (Å²) in [4.78, 5) is 17.3. The summed E-state index contributed by atoms with van der Waals surface area (Å²) in [7, 11) is 1.92. The summed E-state index contributed by atoms with van der Waals surface area (Å²) in [5.41, 5.74) is 3.62. The van der Waals surface area contributed by atoms with Crippen molar-refractivity contribution in [1.82, 2.24) is 20.1 Å². The number of carbonyl (C=O) groups excluding carboxylic acids is 1. The molecule has 3 heterocycles. The van der Waals surface area contributed by atoms with E-state index < -0.39 is 0 Å². The maximum Gasteiger partial charge on any atom is 0.273 e. The third-order valence-electron chi connectivity index (χ3n) is 3.85. The summed E-state index contributed by atoms with van der Waals surface area (Å²) in [5, 5.41) is 9.23. The first-order valence-corrected chi connectivity index (χ1v) is 8.20. The summed E-state index contributed by atoms with van der Waals surface area (Å²) in [6.07, 6.45) is 2.04. The first-order valence-electron chi connectivity index (χ1n) is 7.32. The van der Waals surface area contributed by atoms with Crippen molar-refractivity contribution in [3.05, 3.63) is 46.6 Å². The molecular formula is C16H18N4O2S. The summed E-state index contributed by atoms with van der Waals surface area (Å²) in [6, 6.07) is 3.82. The van der Waals surface area contributed by atoms with Crippen LogP contribution in [0.3, 0.4) is 0 Å². The topological polar surface area (TPSA) is 73.0 Å². The van der Waals surface area contributed by atoms with Crippen molar-refractivity contribution in [2.75, 3.05) is 6.54 Å². The van der Waals surface area contributed by atoms with Crippen molar-refractivity contribution in [1.29, 1.82) is 0 Å². The molecule has 0 unspecified atom stereocenters. The maximum absolute atomic E-state index is 12.3. The van der Waals surface area contributed by atoms with Gasteiger partial charge in [-0.1, -0.05) is 6.07 Å². The van der Waals surface area contributed by atoms with Gasteiger partial charge in [-0.25, -0.2) is 4.98 Å². The highest BCUT2D eigenvalue weighted by Crippen LogP contribution is 2.27. The molecule has 3 aromatic rings. The number of aryl methyl sites for hydroxylation is 2. The normalized spacial score (nSPS) is 10.9. The molecule has 120 valence electrons. The van der Waals surface area contributed by atoms with Gasteiger partial charge in [0.05, 0.1) is 10.6 Å². The molecule has 0 saturated heterocycles. The predicted molar refractivity (Wildman–Crippen MR) is 88.5 cm³/mol. The summed E-state index contributed by atoms with van der Waals surface area (Å²) in [6.45, 7) is 4.54. The Kier molecular flexibility index (Phi) is 4.29. The zero-order valence-electron chi connectivity index (χ0n) is 13.3. The minimum absolute atomic E-state index is 0.221. The SMILES string of the molecule is Cc1nn(C)c(C)c1CCNC(=O)c1ncoc1-c1cccs1. The molecule has 0 aromatic carbocycles. The molecule has 0 aliphatic heterocycles. The molecule has 0 aliphatic carbocycles. The minimum atomic E-state index is -0.221. The molecule has 3 rings (SSSR count). The number of thiophene rings is 1. The van der Waals surface area contributed by atoms with Gasteiger partial charge in [-0.3, -0.25) is 9.48 Å². The molecule has 0 atom stereocenters. The lowest BCUT2D eigenvalue weighted by Gasteiger charge is -2.05. The fraction of sp³-hybridized carbons (Fsp3) is 0.312. The molecule has 6 nitrogen and oxygen atoms in total. The quantitative estimate of drug-likeness (QED) is 0.781. The van der Waals surface area contributed by atoms with Crippen LogP contribution in [-0.4, -0.2) is 27.2 Å². The number of oxazole rings is 1. The summed E-state index contributed by atoms with van der Waals surface area (Å²) < 4.78 is 7.22. The first kappa shape index (κ1) is 15.5. The number of amides is 1. The van der Waals surface area contributed by atoms with E-state index in [1.807, 2.05) is 43.1 Å². The van der Waals surface area contributed by atoms with E-state index in [4.69, 9.17) is 4.42 Å². The summed E-state index contributed by atoms with van der Waals surface area (Å²) in [5.74, 6) is 0.299. The fourth-order valence-corrected chi connectivity index (χ4v) is 3.27. The second kappa shape index (κ2) is 6.37. The van der Waals surface area contributed by atoms with Gasteiger partial charge in [0.2, 0.25) is 0 Å². The third-order valence-corrected chi connectivity index (χ3v) is 4.72. The highest BCUT2D eigenvalue weighted by atomic mass is 32.1. The molecule has 3 aromatic heterocycles. The lowest BCUT2D eigenvalue weighted by Crippen LogP contribution is -2.26. The monoisotopic (exact) mass is 330 g/mol. The molecule has 1 amide bonds. The van der Waals surface area contributed by atoms with Crippen LogP contribution in [0.2, 0.25) is 0 Å². The molecule has 0 saturated carbocycles. The average molecular weight is 330 g/mol. The highest BCUT2D eigenvalue weighted by Gasteiger charge is 2.19. The number of carbonyl (C=O) groups is 1. The second-order valence-electron chi connectivity index (χ2n) is 5.29. The molecule has 7 heteroatoms. The second-order valence-corrected chi connectivity index (χ2v) is 6.23. The van der Waals surface area contributed by atoms with Gasteiger partial charge in [-0.05, 0) is 37.3 Å². The van der Waals surface area contributed by atoms with E-state index in [2.05, 4.69) is 15.4 Å². The number of aromatic nitrogens is 3. The van der Waals surface area contributed by atoms with E-state index in [9.17, 15) is 4.79 Å². The fourth-order valence-electron chi connectivity index (χ4n) is 2.55. The number of nitrogens with zero attached hydrogens (tertiary/aromatic N) is 3. The van der Waals surface area contributed by atoms with Crippen LogP contribution < -0.4 is 5.32 Å². The van der Waals surface area contributed by atoms with E-state index in [1.54, 1.807) is 0 Å². The van der Waals surface area contributed by atoms with Gasteiger partial charge in [0.25, 0.3) is 5.91 Å². The van der Waals surface area contributed by atoms with Gasteiger partial charge in [0.1, 0.15) is 0 Å². The van der Waals surface area contributed by atoms with Crippen molar-refractivity contribution >= 4 is 17.2 Å². The van der Waals surface area contributed by atoms with Crippen LogP contribution in [0.5, 0.6) is 0 Å². The Morgan fingerprint density at radius 1 is 1.43 bits per heavy atom. The van der Waals surface area contributed by atoms with Crippen LogP contribution in [-0.2, 0) is 13.5 Å². The van der Waals surface area contributed by atoms with E-state index in [0.717, 1.165) is 22.7 Å². The van der Waals surface area contributed by atoms with Gasteiger partial charge in [-0.15, -0.1) is 11.3 Å². The lowest BCUT2D eigenvalue weighted by molar-refractivity contribution is 0.0950. The molecular weight excluding hydrogens is 312 g/mol. The Morgan fingerprint density at radius 3 is 2.91 bits per heavy atom. The lowest BCUT2D eigenvalue weighted by atomic mass is 10.1. The Labute approximate surface area is 138 Å². The van der Waals surface area contributed by atoms with Crippen LogP contribution in [0, 0.1) is 13.8 Å². The zero-order chi connectivity index (χ0) is 16.4. The van der Waals surface area contributed by atoms with Crippen LogP contribution in [0.1, 0.15) is 27.4 Å². The molecule has 0 aliphatic rings. The van der Waals surface area contributed by atoms with Crippen molar-refractivity contribution in [3.63, 3.8) is 0 Å². The third kappa shape index (κ3) is 3.05. The molecule has 0 fully saturated rings. The van der Waals surface area contributed by atoms with Gasteiger partial charge in [-0.2, -0.15) is 5.10 Å². The smallest absolute Gasteiger partial charge is 0.273 e. The molecule has 23 heavy (non-hydrogen) atoms. The maximum atomic E-state index is 12.3. The molecule has 0 radical (unpaired) electrons. The van der Waals surface area contributed by atoms with E-state index in [-0.39, 0.29) is 5.91 Å². The van der Waals surface area contributed by atoms with Gasteiger partial charge in [0, 0.05) is 19.3 Å². The van der Waals surface area contributed by atoms with Gasteiger partial charge >= 0.3 is 0 Å². The number of nitrogens with one attached hydrogen (secondary N) is 1. The van der Waals surface area contributed by atoms with Gasteiger partial charge < -0.3 is 9.73 Å². The summed E-state index contributed by atoms with van der Waals surface area (Å²) >= 11 is 1.51. The highest BCUT2D eigenvalue weighted by molar-refractivity contribution is 7.13. The molecule has 0 spiro atoms.